The van der Waals surface area contributed by atoms with E-state index in [1.807, 2.05) is 13.8 Å². The van der Waals surface area contributed by atoms with Crippen molar-refractivity contribution in [2.24, 2.45) is 0 Å². The van der Waals surface area contributed by atoms with Gasteiger partial charge in [-0.15, -0.1) is 0 Å². The van der Waals surface area contributed by atoms with Crippen molar-refractivity contribution in [3.8, 4) is 6.01 Å². The minimum Gasteiger partial charge on any atom is -0.461 e. The van der Waals surface area contributed by atoms with E-state index in [9.17, 15) is 0 Å². The van der Waals surface area contributed by atoms with Crippen molar-refractivity contribution in [2.75, 3.05) is 17.7 Å². The monoisotopic (exact) mass is 237 g/mol. The Balaban J connectivity index is 2.18. The molecule has 0 bridgehead atoms. The summed E-state index contributed by atoms with van der Waals surface area (Å²) in [6, 6.07) is 0.353. The minimum absolute atomic E-state index is 0.0477. The molecule has 0 radical (unpaired) electrons. The molecule has 0 saturated heterocycles. The van der Waals surface area contributed by atoms with Crippen LogP contribution < -0.4 is 15.4 Å². The topological polar surface area (TPSA) is 72.0 Å². The van der Waals surface area contributed by atoms with Crippen molar-refractivity contribution in [1.29, 1.82) is 0 Å². The minimum atomic E-state index is 0.0477. The molecule has 0 spiro atoms. The predicted molar refractivity (Wildman–Crippen MR) is 66.4 cm³/mol. The lowest BCUT2D eigenvalue weighted by atomic mass is 10.3. The Morgan fingerprint density at radius 3 is 2.35 bits per heavy atom. The molecule has 1 aromatic rings. The summed E-state index contributed by atoms with van der Waals surface area (Å²) in [5, 5.41) is 6.20. The standard InChI is InChI=1S/C11H19N5O/c1-7(2)17-10-14-8(12-4)13-9(15-10)16-11(3)5-6-11/h7H,5-6H2,1-4H3,(H2,12,13,14,15,16). The van der Waals surface area contributed by atoms with Gasteiger partial charge in [0, 0.05) is 12.6 Å². The molecule has 0 aromatic carbocycles. The number of ether oxygens (including phenoxy) is 1. The second kappa shape index (κ2) is 4.35. The molecule has 0 aliphatic heterocycles. The Kier molecular flexibility index (Phi) is 3.04. The molecule has 1 fully saturated rings. The summed E-state index contributed by atoms with van der Waals surface area (Å²) < 4.78 is 5.49. The fourth-order valence-corrected chi connectivity index (χ4v) is 1.37. The molecule has 0 atom stereocenters. The third-order valence-corrected chi connectivity index (χ3v) is 2.59. The van der Waals surface area contributed by atoms with Crippen molar-refractivity contribution < 1.29 is 4.74 Å². The quantitative estimate of drug-likeness (QED) is 0.811. The van der Waals surface area contributed by atoms with Crippen LogP contribution in [0, 0.1) is 0 Å². The first kappa shape index (κ1) is 11.9. The summed E-state index contributed by atoms with van der Waals surface area (Å²) in [5.41, 5.74) is 0.140. The number of nitrogens with zero attached hydrogens (tertiary/aromatic N) is 3. The highest BCUT2D eigenvalue weighted by molar-refractivity contribution is 5.39. The highest BCUT2D eigenvalue weighted by atomic mass is 16.5. The molecule has 0 unspecified atom stereocenters. The van der Waals surface area contributed by atoms with Gasteiger partial charge in [-0.3, -0.25) is 0 Å². The molecule has 1 heterocycles. The molecule has 2 N–H and O–H groups in total. The zero-order chi connectivity index (χ0) is 12.5. The van der Waals surface area contributed by atoms with E-state index in [1.165, 1.54) is 0 Å². The van der Waals surface area contributed by atoms with Gasteiger partial charge in [-0.2, -0.15) is 15.0 Å². The number of aromatic nitrogens is 3. The maximum atomic E-state index is 5.49. The zero-order valence-corrected chi connectivity index (χ0v) is 10.7. The highest BCUT2D eigenvalue weighted by Gasteiger charge is 2.38. The maximum absolute atomic E-state index is 5.49. The smallest absolute Gasteiger partial charge is 0.323 e. The molecule has 6 nitrogen and oxygen atoms in total. The first-order valence-corrected chi connectivity index (χ1v) is 5.89. The van der Waals surface area contributed by atoms with Gasteiger partial charge in [0.15, 0.2) is 0 Å². The molecule has 17 heavy (non-hydrogen) atoms. The Morgan fingerprint density at radius 1 is 1.18 bits per heavy atom. The molecule has 1 aromatic heterocycles. The third kappa shape index (κ3) is 3.18. The Morgan fingerprint density at radius 2 is 1.82 bits per heavy atom. The van der Waals surface area contributed by atoms with Crippen molar-refractivity contribution >= 4 is 11.9 Å². The van der Waals surface area contributed by atoms with Gasteiger partial charge in [0.2, 0.25) is 11.9 Å². The van der Waals surface area contributed by atoms with E-state index in [1.54, 1.807) is 7.05 Å². The molecular weight excluding hydrogens is 218 g/mol. The highest BCUT2D eigenvalue weighted by Crippen LogP contribution is 2.37. The van der Waals surface area contributed by atoms with Gasteiger partial charge in [0.05, 0.1) is 6.10 Å². The second-order valence-corrected chi connectivity index (χ2v) is 4.87. The van der Waals surface area contributed by atoms with Crippen LogP contribution in [0.15, 0.2) is 0 Å². The Bertz CT molecular complexity index is 403. The lowest BCUT2D eigenvalue weighted by Crippen LogP contribution is -2.20. The Hall–Kier alpha value is -1.59. The normalized spacial score (nSPS) is 16.8. The summed E-state index contributed by atoms with van der Waals surface area (Å²) in [4.78, 5) is 12.7. The lowest BCUT2D eigenvalue weighted by Gasteiger charge is -2.14. The fraction of sp³-hybridized carbons (Fsp3) is 0.727. The van der Waals surface area contributed by atoms with Crippen LogP contribution in [0.4, 0.5) is 11.9 Å². The van der Waals surface area contributed by atoms with Crippen LogP contribution in [-0.4, -0.2) is 33.6 Å². The van der Waals surface area contributed by atoms with Gasteiger partial charge < -0.3 is 15.4 Å². The molecule has 0 amide bonds. The SMILES string of the molecule is CNc1nc(NC2(C)CC2)nc(OC(C)C)n1. The van der Waals surface area contributed by atoms with Crippen molar-refractivity contribution in [3.63, 3.8) is 0 Å². The van der Waals surface area contributed by atoms with E-state index in [2.05, 4.69) is 32.5 Å². The van der Waals surface area contributed by atoms with Gasteiger partial charge in [-0.1, -0.05) is 0 Å². The molecule has 1 aliphatic rings. The van der Waals surface area contributed by atoms with E-state index < -0.39 is 0 Å². The fourth-order valence-electron chi connectivity index (χ4n) is 1.37. The zero-order valence-electron chi connectivity index (χ0n) is 10.7. The summed E-state index contributed by atoms with van der Waals surface area (Å²) in [6.45, 7) is 6.04. The largest absolute Gasteiger partial charge is 0.461 e. The summed E-state index contributed by atoms with van der Waals surface area (Å²) in [7, 11) is 1.77. The number of hydrogen-bond donors (Lipinski definition) is 2. The van der Waals surface area contributed by atoms with E-state index in [4.69, 9.17) is 4.74 Å². The van der Waals surface area contributed by atoms with Crippen molar-refractivity contribution in [3.05, 3.63) is 0 Å². The molecule has 94 valence electrons. The number of nitrogens with one attached hydrogen (secondary N) is 2. The summed E-state index contributed by atoms with van der Waals surface area (Å²) >= 11 is 0. The predicted octanol–water partition coefficient (Wildman–Crippen LogP) is 1.66. The van der Waals surface area contributed by atoms with Crippen LogP contribution >= 0.6 is 0 Å². The van der Waals surface area contributed by atoms with Crippen LogP contribution in [0.5, 0.6) is 6.01 Å². The first-order valence-electron chi connectivity index (χ1n) is 5.89. The third-order valence-electron chi connectivity index (χ3n) is 2.59. The maximum Gasteiger partial charge on any atom is 0.323 e. The van der Waals surface area contributed by atoms with E-state index >= 15 is 0 Å². The lowest BCUT2D eigenvalue weighted by molar-refractivity contribution is 0.222. The average Bonchev–Trinajstić information content (AvgIpc) is 2.94. The van der Waals surface area contributed by atoms with Gasteiger partial charge in [-0.25, -0.2) is 0 Å². The summed E-state index contributed by atoms with van der Waals surface area (Å²) in [5.74, 6) is 1.09. The van der Waals surface area contributed by atoms with Gasteiger partial charge in [0.25, 0.3) is 0 Å². The number of hydrogen-bond acceptors (Lipinski definition) is 6. The van der Waals surface area contributed by atoms with Crippen LogP contribution in [0.3, 0.4) is 0 Å². The van der Waals surface area contributed by atoms with E-state index in [-0.39, 0.29) is 11.6 Å². The van der Waals surface area contributed by atoms with Gasteiger partial charge in [-0.05, 0) is 33.6 Å². The van der Waals surface area contributed by atoms with Gasteiger partial charge >= 0.3 is 6.01 Å². The number of rotatable bonds is 5. The van der Waals surface area contributed by atoms with Crippen LogP contribution in [-0.2, 0) is 0 Å². The molecular formula is C11H19N5O. The van der Waals surface area contributed by atoms with Gasteiger partial charge in [0.1, 0.15) is 0 Å². The molecule has 1 aliphatic carbocycles. The van der Waals surface area contributed by atoms with Crippen LogP contribution in [0.1, 0.15) is 33.6 Å². The average molecular weight is 237 g/mol. The molecule has 2 rings (SSSR count). The number of anilines is 2. The second-order valence-electron chi connectivity index (χ2n) is 4.87. The molecule has 1 saturated carbocycles. The van der Waals surface area contributed by atoms with Crippen LogP contribution in [0.2, 0.25) is 0 Å². The van der Waals surface area contributed by atoms with E-state index in [0.29, 0.717) is 17.9 Å². The summed E-state index contributed by atoms with van der Waals surface area (Å²) in [6.07, 6.45) is 2.34. The van der Waals surface area contributed by atoms with Crippen molar-refractivity contribution in [1.82, 2.24) is 15.0 Å². The first-order chi connectivity index (χ1) is 8.00. The van der Waals surface area contributed by atoms with Crippen LogP contribution in [0.25, 0.3) is 0 Å². The van der Waals surface area contributed by atoms with E-state index in [0.717, 1.165) is 12.8 Å². The molecule has 6 heteroatoms. The van der Waals surface area contributed by atoms with Crippen molar-refractivity contribution in [2.45, 2.75) is 45.3 Å². The Labute approximate surface area is 101 Å².